The number of hydrogen-bond acceptors (Lipinski definition) is 4. The summed E-state index contributed by atoms with van der Waals surface area (Å²) in [7, 11) is 1.32. The molecule has 0 spiro atoms. The van der Waals surface area contributed by atoms with Gasteiger partial charge in [-0.25, -0.2) is 0 Å². The van der Waals surface area contributed by atoms with Gasteiger partial charge in [-0.2, -0.15) is 0 Å². The van der Waals surface area contributed by atoms with Crippen LogP contribution in [-0.2, 0) is 25.5 Å². The SMILES string of the molecule is COC(=O)CCNC(=O)C1(Cc2ccc(Cl)cc2)CN(C(=O)C2(C)CC2)C1. The van der Waals surface area contributed by atoms with Gasteiger partial charge in [0.15, 0.2) is 0 Å². The van der Waals surface area contributed by atoms with Crippen molar-refractivity contribution in [1.82, 2.24) is 10.2 Å². The third-order valence-corrected chi connectivity index (χ3v) is 5.82. The van der Waals surface area contributed by atoms with Gasteiger partial charge in [0.2, 0.25) is 11.8 Å². The molecule has 0 unspecified atom stereocenters. The Morgan fingerprint density at radius 3 is 2.37 bits per heavy atom. The normalized spacial score (nSPS) is 19.0. The van der Waals surface area contributed by atoms with Gasteiger partial charge < -0.3 is 15.0 Å². The Hall–Kier alpha value is -2.08. The number of esters is 1. The highest BCUT2D eigenvalue weighted by molar-refractivity contribution is 6.30. The first kappa shape index (κ1) is 19.7. The van der Waals surface area contributed by atoms with Crippen LogP contribution in [0.1, 0.15) is 31.7 Å². The van der Waals surface area contributed by atoms with Crippen LogP contribution in [0.2, 0.25) is 5.02 Å². The third-order valence-electron chi connectivity index (χ3n) is 5.57. The van der Waals surface area contributed by atoms with Gasteiger partial charge in [-0.05, 0) is 37.0 Å². The van der Waals surface area contributed by atoms with E-state index in [9.17, 15) is 14.4 Å². The highest BCUT2D eigenvalue weighted by Gasteiger charge is 2.56. The summed E-state index contributed by atoms with van der Waals surface area (Å²) in [5.74, 6) is -0.364. The van der Waals surface area contributed by atoms with Crippen molar-refractivity contribution in [3.8, 4) is 0 Å². The second-order valence-corrected chi connectivity index (χ2v) is 8.32. The van der Waals surface area contributed by atoms with E-state index in [2.05, 4.69) is 10.1 Å². The van der Waals surface area contributed by atoms with E-state index in [0.717, 1.165) is 18.4 Å². The number of carbonyl (C=O) groups excluding carboxylic acids is 3. The van der Waals surface area contributed by atoms with Gasteiger partial charge in [0.1, 0.15) is 0 Å². The molecule has 27 heavy (non-hydrogen) atoms. The molecule has 0 radical (unpaired) electrons. The number of halogens is 1. The van der Waals surface area contributed by atoms with E-state index < -0.39 is 5.41 Å². The number of rotatable bonds is 7. The molecule has 1 saturated carbocycles. The Kier molecular flexibility index (Phi) is 5.47. The van der Waals surface area contributed by atoms with Crippen molar-refractivity contribution in [3.05, 3.63) is 34.9 Å². The van der Waals surface area contributed by atoms with E-state index in [1.165, 1.54) is 7.11 Å². The van der Waals surface area contributed by atoms with Crippen LogP contribution in [0, 0.1) is 10.8 Å². The minimum atomic E-state index is -0.676. The lowest BCUT2D eigenvalue weighted by Crippen LogP contribution is -2.66. The third kappa shape index (κ3) is 4.26. The number of amides is 2. The number of benzene rings is 1. The maximum absolute atomic E-state index is 12.9. The molecular weight excluding hydrogens is 368 g/mol. The van der Waals surface area contributed by atoms with E-state index in [-0.39, 0.29) is 36.2 Å². The molecule has 2 amide bonds. The van der Waals surface area contributed by atoms with Crippen molar-refractivity contribution in [2.45, 2.75) is 32.6 Å². The summed E-state index contributed by atoms with van der Waals surface area (Å²) in [6, 6.07) is 7.40. The number of nitrogens with zero attached hydrogens (tertiary/aromatic N) is 1. The van der Waals surface area contributed by atoms with Crippen LogP contribution >= 0.6 is 11.6 Å². The average Bonchev–Trinajstić information content (AvgIpc) is 3.37. The molecule has 1 aromatic rings. The molecule has 1 saturated heterocycles. The fraction of sp³-hybridized carbons (Fsp3) is 0.550. The summed E-state index contributed by atoms with van der Waals surface area (Å²) in [6.07, 6.45) is 2.48. The predicted molar refractivity (Wildman–Crippen MR) is 101 cm³/mol. The summed E-state index contributed by atoms with van der Waals surface area (Å²) < 4.78 is 4.60. The van der Waals surface area contributed by atoms with E-state index in [4.69, 9.17) is 11.6 Å². The minimum Gasteiger partial charge on any atom is -0.469 e. The summed E-state index contributed by atoms with van der Waals surface area (Å²) in [4.78, 5) is 38.5. The van der Waals surface area contributed by atoms with Crippen molar-refractivity contribution in [2.75, 3.05) is 26.7 Å². The maximum Gasteiger partial charge on any atom is 0.307 e. The van der Waals surface area contributed by atoms with Crippen LogP contribution in [0.3, 0.4) is 0 Å². The molecule has 1 N–H and O–H groups in total. The summed E-state index contributed by atoms with van der Waals surface area (Å²) >= 11 is 5.95. The number of ether oxygens (including phenoxy) is 1. The van der Waals surface area contributed by atoms with Gasteiger partial charge >= 0.3 is 5.97 Å². The molecule has 3 rings (SSSR count). The van der Waals surface area contributed by atoms with E-state index >= 15 is 0 Å². The summed E-state index contributed by atoms with van der Waals surface area (Å²) in [5.41, 5.74) is 0.0748. The van der Waals surface area contributed by atoms with Crippen molar-refractivity contribution in [2.24, 2.45) is 10.8 Å². The number of likely N-dealkylation sites (tertiary alicyclic amines) is 1. The highest BCUT2D eigenvalue weighted by atomic mass is 35.5. The molecule has 0 bridgehead atoms. The molecular formula is C20H25ClN2O4. The molecule has 1 aliphatic heterocycles. The molecule has 2 fully saturated rings. The van der Waals surface area contributed by atoms with Crippen LogP contribution in [0.5, 0.6) is 0 Å². The predicted octanol–water partition coefficient (Wildman–Crippen LogP) is 2.19. The second-order valence-electron chi connectivity index (χ2n) is 7.89. The Morgan fingerprint density at radius 2 is 1.81 bits per heavy atom. The van der Waals surface area contributed by atoms with Gasteiger partial charge in [0.05, 0.1) is 18.9 Å². The Morgan fingerprint density at radius 1 is 1.19 bits per heavy atom. The molecule has 2 aliphatic rings. The van der Waals surface area contributed by atoms with Crippen molar-refractivity contribution in [1.29, 1.82) is 0 Å². The summed E-state index contributed by atoms with van der Waals surface area (Å²) in [6.45, 7) is 2.99. The molecule has 7 heteroatoms. The number of nitrogens with one attached hydrogen (secondary N) is 1. The molecule has 1 aliphatic carbocycles. The Bertz CT molecular complexity index is 737. The van der Waals surface area contributed by atoms with Gasteiger partial charge in [0.25, 0.3) is 0 Å². The van der Waals surface area contributed by atoms with Crippen molar-refractivity contribution in [3.63, 3.8) is 0 Å². The smallest absolute Gasteiger partial charge is 0.307 e. The molecule has 1 aromatic carbocycles. The van der Waals surface area contributed by atoms with Gasteiger partial charge in [-0.1, -0.05) is 30.7 Å². The second kappa shape index (κ2) is 7.50. The standard InChI is InChI=1S/C20H25ClN2O4/c1-19(8-9-19)18(26)23-12-20(13-23,11-14-3-5-15(21)6-4-14)17(25)22-10-7-16(24)27-2/h3-6H,7-13H2,1-2H3,(H,22,25). The van der Waals surface area contributed by atoms with Crippen LogP contribution in [-0.4, -0.2) is 49.4 Å². The molecule has 0 atom stereocenters. The largest absolute Gasteiger partial charge is 0.469 e. The lowest BCUT2D eigenvalue weighted by Gasteiger charge is -2.50. The zero-order chi connectivity index (χ0) is 19.7. The van der Waals surface area contributed by atoms with Crippen molar-refractivity contribution < 1.29 is 19.1 Å². The van der Waals surface area contributed by atoms with Gasteiger partial charge in [-0.3, -0.25) is 14.4 Å². The van der Waals surface area contributed by atoms with Crippen LogP contribution in [0.15, 0.2) is 24.3 Å². The summed E-state index contributed by atoms with van der Waals surface area (Å²) in [5, 5.41) is 3.47. The molecule has 146 valence electrons. The zero-order valence-electron chi connectivity index (χ0n) is 15.7. The molecule has 0 aromatic heterocycles. The van der Waals surface area contributed by atoms with E-state index in [1.807, 2.05) is 19.1 Å². The van der Waals surface area contributed by atoms with Crippen LogP contribution < -0.4 is 5.32 Å². The van der Waals surface area contributed by atoms with E-state index in [1.54, 1.807) is 17.0 Å². The fourth-order valence-corrected chi connectivity index (χ4v) is 3.63. The fourth-order valence-electron chi connectivity index (χ4n) is 3.51. The first-order chi connectivity index (χ1) is 12.8. The average molecular weight is 393 g/mol. The van der Waals surface area contributed by atoms with Gasteiger partial charge in [0, 0.05) is 30.1 Å². The first-order valence-corrected chi connectivity index (χ1v) is 9.55. The zero-order valence-corrected chi connectivity index (χ0v) is 16.5. The molecule has 1 heterocycles. The number of carbonyl (C=O) groups is 3. The maximum atomic E-state index is 12.9. The lowest BCUT2D eigenvalue weighted by molar-refractivity contribution is -0.157. The van der Waals surface area contributed by atoms with Gasteiger partial charge in [-0.15, -0.1) is 0 Å². The van der Waals surface area contributed by atoms with Crippen LogP contribution in [0.4, 0.5) is 0 Å². The number of methoxy groups -OCH3 is 1. The first-order valence-electron chi connectivity index (χ1n) is 9.17. The quantitative estimate of drug-likeness (QED) is 0.722. The Balaban J connectivity index is 1.67. The molecule has 6 nitrogen and oxygen atoms in total. The number of hydrogen-bond donors (Lipinski definition) is 1. The van der Waals surface area contributed by atoms with Crippen molar-refractivity contribution >= 4 is 29.4 Å². The minimum absolute atomic E-state index is 0.125. The Labute approximate surface area is 164 Å². The monoisotopic (exact) mass is 392 g/mol. The van der Waals surface area contributed by atoms with E-state index in [0.29, 0.717) is 24.5 Å². The lowest BCUT2D eigenvalue weighted by atomic mass is 9.73. The van der Waals surface area contributed by atoms with Crippen LogP contribution in [0.25, 0.3) is 0 Å². The topological polar surface area (TPSA) is 75.7 Å². The highest BCUT2D eigenvalue weighted by Crippen LogP contribution is 2.49.